The minimum atomic E-state index is 0.363. The van der Waals surface area contributed by atoms with Crippen LogP contribution >= 0.6 is 94.1 Å². The summed E-state index contributed by atoms with van der Waals surface area (Å²) in [5.74, 6) is 0. The Balaban J connectivity index is 1.17. The first-order valence-corrected chi connectivity index (χ1v) is 15.3. The molecule has 2 fully saturated rings. The summed E-state index contributed by atoms with van der Waals surface area (Å²) in [4.78, 5) is 8.51. The van der Waals surface area contributed by atoms with Crippen LogP contribution in [0.3, 0.4) is 0 Å². The molecule has 0 aromatic carbocycles. The van der Waals surface area contributed by atoms with Gasteiger partial charge in [-0.3, -0.25) is 0 Å². The molecule has 0 aliphatic carbocycles. The molecule has 0 N–H and O–H groups in total. The average molecular weight is 519 g/mol. The van der Waals surface area contributed by atoms with Crippen LogP contribution in [0.15, 0.2) is 57.2 Å². The standard InChI is InChI=1S/C18H14O2S8/c1-7-13(27-17(23-7)15-21-5-11(25-15)9-3-19-9)14-8(2)24-18(28-14)16-22-6-12(26-16)10-4-20-10/h5-6,9-10H,3-4H2,1-2H3/b17-15+,18-16+. The first kappa shape index (κ1) is 19.8. The highest BCUT2D eigenvalue weighted by Gasteiger charge is 2.37. The number of epoxide rings is 2. The molecule has 0 radical (unpaired) electrons. The number of allylic oxidation sites excluding steroid dienone is 2. The van der Waals surface area contributed by atoms with Crippen molar-refractivity contribution in [2.75, 3.05) is 13.2 Å². The summed E-state index contributed by atoms with van der Waals surface area (Å²) >= 11 is 15.3. The van der Waals surface area contributed by atoms with E-state index < -0.39 is 0 Å². The molecule has 146 valence electrons. The predicted octanol–water partition coefficient (Wildman–Crippen LogP) is 8.10. The molecule has 6 heterocycles. The second kappa shape index (κ2) is 7.94. The molecule has 0 aromatic heterocycles. The van der Waals surface area contributed by atoms with Crippen LogP contribution in [0.25, 0.3) is 0 Å². The van der Waals surface area contributed by atoms with Gasteiger partial charge in [-0.15, -0.1) is 0 Å². The van der Waals surface area contributed by atoms with Crippen molar-refractivity contribution in [3.63, 3.8) is 0 Å². The summed E-state index contributed by atoms with van der Waals surface area (Å²) in [6, 6.07) is 0. The van der Waals surface area contributed by atoms with E-state index in [1.165, 1.54) is 46.4 Å². The molecule has 2 nitrogen and oxygen atoms in total. The van der Waals surface area contributed by atoms with Gasteiger partial charge in [-0.1, -0.05) is 94.1 Å². The van der Waals surface area contributed by atoms with Crippen LogP contribution in [0.5, 0.6) is 0 Å². The van der Waals surface area contributed by atoms with Crippen LogP contribution < -0.4 is 0 Å². The van der Waals surface area contributed by atoms with E-state index in [0.29, 0.717) is 12.2 Å². The van der Waals surface area contributed by atoms with E-state index >= 15 is 0 Å². The topological polar surface area (TPSA) is 25.1 Å². The van der Waals surface area contributed by atoms with Crippen LogP contribution in [0.2, 0.25) is 0 Å². The molecule has 2 unspecified atom stereocenters. The van der Waals surface area contributed by atoms with E-state index in [1.807, 2.05) is 94.1 Å². The highest BCUT2D eigenvalue weighted by Crippen LogP contribution is 2.66. The van der Waals surface area contributed by atoms with Gasteiger partial charge in [0, 0.05) is 29.4 Å². The minimum absolute atomic E-state index is 0.363. The molecule has 0 bridgehead atoms. The van der Waals surface area contributed by atoms with E-state index in [9.17, 15) is 0 Å². The zero-order chi connectivity index (χ0) is 18.8. The van der Waals surface area contributed by atoms with Crippen molar-refractivity contribution in [2.45, 2.75) is 26.1 Å². The maximum Gasteiger partial charge on any atom is 0.113 e. The lowest BCUT2D eigenvalue weighted by atomic mass is 10.4. The third-order valence-electron chi connectivity index (χ3n) is 4.35. The van der Waals surface area contributed by atoms with Gasteiger partial charge < -0.3 is 9.47 Å². The second-order valence-electron chi connectivity index (χ2n) is 6.45. The molecule has 0 saturated carbocycles. The zero-order valence-electron chi connectivity index (χ0n) is 14.8. The van der Waals surface area contributed by atoms with E-state index in [1.54, 1.807) is 0 Å². The molecule has 2 atom stereocenters. The zero-order valence-corrected chi connectivity index (χ0v) is 21.3. The number of rotatable bonds is 3. The van der Waals surface area contributed by atoms with Crippen molar-refractivity contribution in [3.05, 3.63) is 57.2 Å². The molecular weight excluding hydrogens is 505 g/mol. The number of hydrogen-bond donors (Lipinski definition) is 0. The first-order valence-electron chi connectivity index (χ1n) is 8.60. The summed E-state index contributed by atoms with van der Waals surface area (Å²) in [6.07, 6.45) is 0.727. The van der Waals surface area contributed by atoms with Crippen molar-refractivity contribution in [3.8, 4) is 0 Å². The largest absolute Gasteiger partial charge is 0.367 e. The quantitative estimate of drug-likeness (QED) is 0.341. The second-order valence-corrected chi connectivity index (χ2v) is 15.9. The highest BCUT2D eigenvalue weighted by molar-refractivity contribution is 8.36. The molecule has 6 rings (SSSR count). The molecule has 6 aliphatic heterocycles. The minimum Gasteiger partial charge on any atom is -0.367 e. The Morgan fingerprint density at radius 2 is 1.07 bits per heavy atom. The van der Waals surface area contributed by atoms with Gasteiger partial charge in [0.15, 0.2) is 0 Å². The van der Waals surface area contributed by atoms with E-state index in [4.69, 9.17) is 9.47 Å². The van der Waals surface area contributed by atoms with Crippen LogP contribution in [0.4, 0.5) is 0 Å². The van der Waals surface area contributed by atoms with Crippen LogP contribution in [0, 0.1) is 0 Å². The first-order chi connectivity index (χ1) is 13.7. The maximum absolute atomic E-state index is 5.44. The van der Waals surface area contributed by atoms with E-state index in [0.717, 1.165) is 13.2 Å². The van der Waals surface area contributed by atoms with Gasteiger partial charge in [0.05, 0.1) is 30.2 Å². The van der Waals surface area contributed by atoms with Crippen molar-refractivity contribution in [1.29, 1.82) is 0 Å². The van der Waals surface area contributed by atoms with Gasteiger partial charge in [-0.05, 0) is 24.7 Å². The van der Waals surface area contributed by atoms with E-state index in [-0.39, 0.29) is 0 Å². The lowest BCUT2D eigenvalue weighted by molar-refractivity contribution is 0.438. The van der Waals surface area contributed by atoms with Crippen LogP contribution in [-0.4, -0.2) is 25.4 Å². The van der Waals surface area contributed by atoms with E-state index in [2.05, 4.69) is 24.7 Å². The monoisotopic (exact) mass is 518 g/mol. The number of hydrogen-bond acceptors (Lipinski definition) is 10. The third-order valence-corrected chi connectivity index (χ3v) is 15.7. The Kier molecular flexibility index (Phi) is 5.62. The molecular formula is C18H14O2S8. The lowest BCUT2D eigenvalue weighted by Crippen LogP contribution is -1.82. The van der Waals surface area contributed by atoms with Gasteiger partial charge in [0.1, 0.15) is 12.2 Å². The van der Waals surface area contributed by atoms with Crippen molar-refractivity contribution < 1.29 is 9.47 Å². The summed E-state index contributed by atoms with van der Waals surface area (Å²) < 4.78 is 16.6. The van der Waals surface area contributed by atoms with Gasteiger partial charge in [0.25, 0.3) is 0 Å². The number of ether oxygens (including phenoxy) is 2. The Bertz CT molecular complexity index is 884. The summed E-state index contributed by atoms with van der Waals surface area (Å²) in [7, 11) is 0. The van der Waals surface area contributed by atoms with Crippen molar-refractivity contribution in [1.82, 2.24) is 0 Å². The highest BCUT2D eigenvalue weighted by atomic mass is 32.2. The third kappa shape index (κ3) is 3.89. The van der Waals surface area contributed by atoms with Gasteiger partial charge in [-0.25, -0.2) is 0 Å². The molecule has 2 saturated heterocycles. The van der Waals surface area contributed by atoms with Crippen molar-refractivity contribution >= 4 is 94.1 Å². The Morgan fingerprint density at radius 3 is 1.46 bits per heavy atom. The fourth-order valence-corrected chi connectivity index (χ4v) is 13.7. The SMILES string of the molecule is CC1=C(C2=C(C)S/C(=C3/SC=C(C4CO4)S3)S2)S/C(=C2\SC=C(C3CO3)S2)S1. The van der Waals surface area contributed by atoms with Gasteiger partial charge in [-0.2, -0.15) is 0 Å². The normalized spacial score (nSPS) is 37.4. The Morgan fingerprint density at radius 1 is 0.643 bits per heavy atom. The smallest absolute Gasteiger partial charge is 0.113 e. The van der Waals surface area contributed by atoms with Crippen molar-refractivity contribution in [2.24, 2.45) is 0 Å². The molecule has 6 aliphatic rings. The molecule has 0 amide bonds. The van der Waals surface area contributed by atoms with Crippen LogP contribution in [0.1, 0.15) is 13.8 Å². The summed E-state index contributed by atoms with van der Waals surface area (Å²) in [5, 5.41) is 4.55. The molecule has 0 aromatic rings. The fraction of sp³-hybridized carbons (Fsp3) is 0.333. The average Bonchev–Trinajstić information content (AvgIpc) is 3.52. The molecule has 10 heteroatoms. The van der Waals surface area contributed by atoms with Gasteiger partial charge >= 0.3 is 0 Å². The summed E-state index contributed by atoms with van der Waals surface area (Å²) in [6.45, 7) is 6.31. The Labute approximate surface area is 198 Å². The predicted molar refractivity (Wildman–Crippen MR) is 136 cm³/mol. The maximum atomic E-state index is 5.44. The fourth-order valence-electron chi connectivity index (χ4n) is 2.74. The molecule has 28 heavy (non-hydrogen) atoms. The van der Waals surface area contributed by atoms with Crippen LogP contribution in [-0.2, 0) is 9.47 Å². The number of thioether (sulfide) groups is 8. The Hall–Kier alpha value is 1.16. The van der Waals surface area contributed by atoms with Gasteiger partial charge in [0.2, 0.25) is 0 Å². The lowest BCUT2D eigenvalue weighted by Gasteiger charge is -2.05. The summed E-state index contributed by atoms with van der Waals surface area (Å²) in [5.41, 5.74) is 0. The molecule has 0 spiro atoms.